The van der Waals surface area contributed by atoms with Crippen LogP contribution in [0.5, 0.6) is 0 Å². The van der Waals surface area contributed by atoms with Gasteiger partial charge in [0.15, 0.2) is 5.65 Å². The number of imidazole rings is 1. The number of nitrogens with zero attached hydrogens (tertiary/aromatic N) is 7. The molecule has 1 amide bonds. The second-order valence-corrected chi connectivity index (χ2v) is 9.88. The Morgan fingerprint density at radius 2 is 2.18 bits per heavy atom. The van der Waals surface area contributed by atoms with Crippen LogP contribution in [-0.2, 0) is 0 Å². The molecule has 4 aromatic heterocycles. The number of hydrogen-bond donors (Lipinski definition) is 2. The number of carbonyl (C=O) groups is 1. The number of thiophene rings is 1. The van der Waals surface area contributed by atoms with Gasteiger partial charge in [-0.1, -0.05) is 5.22 Å². The highest BCUT2D eigenvalue weighted by atomic mass is 32.1. The molecule has 0 bridgehead atoms. The number of pyridine rings is 1. The maximum absolute atomic E-state index is 13.3. The van der Waals surface area contributed by atoms with Crippen LogP contribution < -0.4 is 10.3 Å². The minimum atomic E-state index is -0.313. The van der Waals surface area contributed by atoms with Gasteiger partial charge in [-0.05, 0) is 50.8 Å². The fraction of sp³-hybridized carbons (Fsp3) is 0.364. The molecule has 2 unspecified atom stereocenters. The Hall–Kier alpha value is -3.60. The van der Waals surface area contributed by atoms with Gasteiger partial charge in [0, 0.05) is 11.1 Å². The molecule has 1 saturated carbocycles. The van der Waals surface area contributed by atoms with Gasteiger partial charge >= 0.3 is 0 Å². The number of fused-ring (bicyclic) bond motifs is 1. The van der Waals surface area contributed by atoms with E-state index in [1.165, 1.54) is 24.0 Å². The zero-order valence-electron chi connectivity index (χ0n) is 18.3. The van der Waals surface area contributed by atoms with E-state index < -0.39 is 0 Å². The summed E-state index contributed by atoms with van der Waals surface area (Å²) in [6, 6.07) is 5.95. The Labute approximate surface area is 193 Å². The van der Waals surface area contributed by atoms with Gasteiger partial charge in [-0.15, -0.1) is 11.3 Å². The lowest BCUT2D eigenvalue weighted by Gasteiger charge is -2.23. The lowest BCUT2D eigenvalue weighted by Crippen LogP contribution is -2.32. The summed E-state index contributed by atoms with van der Waals surface area (Å²) < 4.78 is 1.99. The predicted molar refractivity (Wildman–Crippen MR) is 124 cm³/mol. The number of carbonyl (C=O) groups excluding carboxylic acids is 1. The number of aromatic amines is 1. The van der Waals surface area contributed by atoms with Crippen molar-refractivity contribution in [3.05, 3.63) is 53.2 Å². The molecule has 33 heavy (non-hydrogen) atoms. The molecule has 2 aliphatic rings. The van der Waals surface area contributed by atoms with Crippen molar-refractivity contribution >= 4 is 28.6 Å². The van der Waals surface area contributed by atoms with Crippen LogP contribution in [0.2, 0.25) is 0 Å². The summed E-state index contributed by atoms with van der Waals surface area (Å²) >= 11 is 1.70. The zero-order chi connectivity index (χ0) is 22.5. The monoisotopic (exact) mass is 461 g/mol. The maximum atomic E-state index is 13.3. The minimum absolute atomic E-state index is 0.205. The third-order valence-corrected chi connectivity index (χ3v) is 7.21. The third-order valence-electron chi connectivity index (χ3n) is 6.19. The van der Waals surface area contributed by atoms with Gasteiger partial charge in [0.25, 0.3) is 5.91 Å². The summed E-state index contributed by atoms with van der Waals surface area (Å²) in [5.41, 5.74) is 3.03. The van der Waals surface area contributed by atoms with Crippen LogP contribution in [0.3, 0.4) is 0 Å². The molecular formula is C22H23N9OS. The van der Waals surface area contributed by atoms with Gasteiger partial charge in [0.1, 0.15) is 17.8 Å². The summed E-state index contributed by atoms with van der Waals surface area (Å²) in [6.07, 6.45) is 7.51. The molecular weight excluding hydrogens is 438 g/mol. The number of aromatic nitrogens is 5. The summed E-state index contributed by atoms with van der Waals surface area (Å²) in [5, 5.41) is 20.4. The van der Waals surface area contributed by atoms with E-state index in [4.69, 9.17) is 4.98 Å². The Morgan fingerprint density at radius 3 is 2.91 bits per heavy atom. The van der Waals surface area contributed by atoms with E-state index in [1.54, 1.807) is 11.3 Å². The van der Waals surface area contributed by atoms with Crippen LogP contribution in [-0.4, -0.2) is 43.1 Å². The highest BCUT2D eigenvalue weighted by Crippen LogP contribution is 2.41. The number of H-pyrrole nitrogens is 1. The van der Waals surface area contributed by atoms with Crippen LogP contribution >= 0.6 is 11.3 Å². The molecule has 2 N–H and O–H groups in total. The second-order valence-electron chi connectivity index (χ2n) is 8.59. The zero-order valence-corrected chi connectivity index (χ0v) is 19.1. The fourth-order valence-corrected chi connectivity index (χ4v) is 5.15. The van der Waals surface area contributed by atoms with E-state index in [0.717, 1.165) is 21.9 Å². The van der Waals surface area contributed by atoms with Crippen molar-refractivity contribution in [1.82, 2.24) is 29.9 Å². The Bertz CT molecular complexity index is 1350. The summed E-state index contributed by atoms with van der Waals surface area (Å²) in [5.74, 6) is 0.978. The molecule has 1 aliphatic heterocycles. The van der Waals surface area contributed by atoms with Gasteiger partial charge in [0.05, 0.1) is 41.0 Å². The van der Waals surface area contributed by atoms with E-state index in [1.807, 2.05) is 34.8 Å². The highest BCUT2D eigenvalue weighted by molar-refractivity contribution is 7.15. The van der Waals surface area contributed by atoms with Crippen molar-refractivity contribution in [1.29, 1.82) is 0 Å². The number of anilines is 1. The van der Waals surface area contributed by atoms with E-state index >= 15 is 0 Å². The van der Waals surface area contributed by atoms with Crippen LogP contribution in [0.25, 0.3) is 16.2 Å². The van der Waals surface area contributed by atoms with Crippen molar-refractivity contribution in [2.45, 2.75) is 38.8 Å². The van der Waals surface area contributed by atoms with Crippen LogP contribution in [0.1, 0.15) is 46.9 Å². The second kappa shape index (κ2) is 7.77. The number of aryl methyl sites for hydroxylation is 1. The first-order valence-corrected chi connectivity index (χ1v) is 11.8. The van der Waals surface area contributed by atoms with Crippen molar-refractivity contribution in [3.8, 4) is 10.6 Å². The lowest BCUT2D eigenvalue weighted by atomic mass is 10.1. The fourth-order valence-electron chi connectivity index (χ4n) is 4.28. The molecule has 0 saturated heterocycles. The van der Waals surface area contributed by atoms with E-state index in [0.29, 0.717) is 23.9 Å². The summed E-state index contributed by atoms with van der Waals surface area (Å²) in [7, 11) is 0. The maximum Gasteiger partial charge on any atom is 0.253 e. The molecule has 5 heterocycles. The molecule has 2 atom stereocenters. The minimum Gasteiger partial charge on any atom is -0.342 e. The van der Waals surface area contributed by atoms with Crippen molar-refractivity contribution in [2.24, 2.45) is 16.3 Å². The molecule has 168 valence electrons. The molecule has 1 fully saturated rings. The standard InChI is InChI=1S/C22H23N9OS/c1-12-3-6-19(33-12)18-8-23-21-16(31-17(9-25-29-31)14-4-5-14)7-15(10-30(18)21)22(32)27-13(2)20-24-11-26-28-20/h3,6-8,10-11,13-14,17H,4-5,9H2,1-2H3,(H,27,32)(H,24,26,28). The van der Waals surface area contributed by atoms with E-state index in [-0.39, 0.29) is 18.0 Å². The van der Waals surface area contributed by atoms with Crippen molar-refractivity contribution in [3.63, 3.8) is 0 Å². The quantitative estimate of drug-likeness (QED) is 0.451. The first-order chi connectivity index (χ1) is 16.1. The van der Waals surface area contributed by atoms with E-state index in [2.05, 4.69) is 49.9 Å². The van der Waals surface area contributed by atoms with Gasteiger partial charge in [-0.25, -0.2) is 15.0 Å². The smallest absolute Gasteiger partial charge is 0.253 e. The van der Waals surface area contributed by atoms with Crippen LogP contribution in [0.15, 0.2) is 47.3 Å². The van der Waals surface area contributed by atoms with Crippen molar-refractivity contribution in [2.75, 3.05) is 11.6 Å². The summed E-state index contributed by atoms with van der Waals surface area (Å²) in [6.45, 7) is 4.62. The van der Waals surface area contributed by atoms with Gasteiger partial charge < -0.3 is 5.32 Å². The molecule has 0 aromatic carbocycles. The number of amides is 1. The average Bonchev–Trinajstić information content (AvgIpc) is 3.28. The first-order valence-electron chi connectivity index (χ1n) is 11.0. The van der Waals surface area contributed by atoms with Crippen LogP contribution in [0, 0.1) is 12.8 Å². The van der Waals surface area contributed by atoms with Gasteiger partial charge in [0.2, 0.25) is 0 Å². The molecule has 1 aliphatic carbocycles. The summed E-state index contributed by atoms with van der Waals surface area (Å²) in [4.78, 5) is 24.5. The van der Waals surface area contributed by atoms with E-state index in [9.17, 15) is 4.79 Å². The number of hydrogen-bond acceptors (Lipinski definition) is 8. The SMILES string of the molecule is Cc1ccc(-c2cnc3c(N4N=NCC4C4CC4)cc(C(=O)NC(C)c4ncn[nH]4)cn23)s1. The van der Waals surface area contributed by atoms with Gasteiger partial charge in [-0.2, -0.15) is 10.2 Å². The average molecular weight is 462 g/mol. The first kappa shape index (κ1) is 20.0. The Morgan fingerprint density at radius 1 is 1.30 bits per heavy atom. The number of nitrogens with one attached hydrogen (secondary N) is 2. The third kappa shape index (κ3) is 3.58. The molecule has 6 rings (SSSR count). The molecule has 10 nitrogen and oxygen atoms in total. The molecule has 0 radical (unpaired) electrons. The topological polar surface area (TPSA) is 116 Å². The van der Waals surface area contributed by atoms with Gasteiger partial charge in [-0.3, -0.25) is 14.3 Å². The molecule has 0 spiro atoms. The normalized spacial score (nSPS) is 18.8. The largest absolute Gasteiger partial charge is 0.342 e. The Balaban J connectivity index is 1.45. The Kier molecular flexibility index (Phi) is 4.72. The predicted octanol–water partition coefficient (Wildman–Crippen LogP) is 3.95. The van der Waals surface area contributed by atoms with Crippen LogP contribution in [0.4, 0.5) is 5.69 Å². The molecule has 4 aromatic rings. The number of rotatable bonds is 6. The van der Waals surface area contributed by atoms with Crippen molar-refractivity contribution < 1.29 is 4.79 Å². The molecule has 11 heteroatoms. The highest BCUT2D eigenvalue weighted by Gasteiger charge is 2.39. The lowest BCUT2D eigenvalue weighted by molar-refractivity contribution is 0.0938.